The summed E-state index contributed by atoms with van der Waals surface area (Å²) in [5.41, 5.74) is 3.70. The minimum absolute atomic E-state index is 0.529. The first kappa shape index (κ1) is 16.6. The molecule has 116 valence electrons. The molecule has 2 aromatic rings. The number of carbonyl (C=O) groups is 2. The van der Waals surface area contributed by atoms with E-state index in [-0.39, 0.29) is 0 Å². The van der Waals surface area contributed by atoms with Crippen LogP contribution in [0.3, 0.4) is 0 Å². The standard InChI is InChI=1S/C17H14BrN3O2/c18-14-8-10-15(11-9-14)20-16(22)17(23)21-19-12-4-7-13-5-2-1-3-6-13/h1-12H,(H,20,22)(H,21,23). The van der Waals surface area contributed by atoms with Gasteiger partial charge in [0.1, 0.15) is 0 Å². The highest BCUT2D eigenvalue weighted by Gasteiger charge is 2.12. The predicted octanol–water partition coefficient (Wildman–Crippen LogP) is 3.20. The third-order valence-corrected chi connectivity index (χ3v) is 3.25. The van der Waals surface area contributed by atoms with Gasteiger partial charge in [0.25, 0.3) is 0 Å². The number of carbonyl (C=O) groups excluding carboxylic acids is 2. The molecular weight excluding hydrogens is 358 g/mol. The van der Waals surface area contributed by atoms with E-state index in [1.807, 2.05) is 36.4 Å². The van der Waals surface area contributed by atoms with Crippen molar-refractivity contribution in [2.75, 3.05) is 5.32 Å². The Morgan fingerprint density at radius 1 is 0.957 bits per heavy atom. The van der Waals surface area contributed by atoms with Crippen LogP contribution in [0.15, 0.2) is 70.2 Å². The molecule has 0 bridgehead atoms. The number of benzene rings is 2. The molecule has 2 aromatic carbocycles. The SMILES string of the molecule is O=C(NN=CC=Cc1ccccc1)C(=O)Nc1ccc(Br)cc1. The molecule has 0 saturated carbocycles. The molecule has 0 heterocycles. The molecule has 0 aliphatic rings. The first-order valence-corrected chi connectivity index (χ1v) is 7.56. The van der Waals surface area contributed by atoms with Crippen molar-refractivity contribution in [1.82, 2.24) is 5.43 Å². The van der Waals surface area contributed by atoms with Crippen molar-refractivity contribution in [2.45, 2.75) is 0 Å². The van der Waals surface area contributed by atoms with Crippen LogP contribution in [0.2, 0.25) is 0 Å². The molecule has 6 heteroatoms. The molecule has 0 aliphatic heterocycles. The summed E-state index contributed by atoms with van der Waals surface area (Å²) in [6.07, 6.45) is 4.90. The molecule has 0 aromatic heterocycles. The van der Waals surface area contributed by atoms with E-state index in [2.05, 4.69) is 31.8 Å². The number of amides is 2. The molecule has 0 saturated heterocycles. The van der Waals surface area contributed by atoms with Gasteiger partial charge in [-0.25, -0.2) is 5.43 Å². The minimum Gasteiger partial charge on any atom is -0.318 e. The first-order chi connectivity index (χ1) is 11.1. The average molecular weight is 372 g/mol. The Kier molecular flexibility index (Phi) is 6.26. The highest BCUT2D eigenvalue weighted by molar-refractivity contribution is 9.10. The molecule has 23 heavy (non-hydrogen) atoms. The quantitative estimate of drug-likeness (QED) is 0.492. The lowest BCUT2D eigenvalue weighted by molar-refractivity contribution is -0.136. The number of hydrogen-bond acceptors (Lipinski definition) is 3. The summed E-state index contributed by atoms with van der Waals surface area (Å²) >= 11 is 3.29. The highest BCUT2D eigenvalue weighted by Crippen LogP contribution is 2.13. The van der Waals surface area contributed by atoms with Crippen LogP contribution in [0.4, 0.5) is 5.69 Å². The maximum absolute atomic E-state index is 11.7. The van der Waals surface area contributed by atoms with Gasteiger partial charge >= 0.3 is 11.8 Å². The van der Waals surface area contributed by atoms with E-state index in [9.17, 15) is 9.59 Å². The summed E-state index contributed by atoms with van der Waals surface area (Å²) in [5.74, 6) is -1.62. The van der Waals surface area contributed by atoms with E-state index in [0.29, 0.717) is 5.69 Å². The Balaban J connectivity index is 1.79. The summed E-state index contributed by atoms with van der Waals surface area (Å²) in [7, 11) is 0. The topological polar surface area (TPSA) is 70.6 Å². The fourth-order valence-corrected chi connectivity index (χ4v) is 1.89. The second-order valence-corrected chi connectivity index (χ2v) is 5.37. The monoisotopic (exact) mass is 371 g/mol. The van der Waals surface area contributed by atoms with E-state index in [1.54, 1.807) is 30.3 Å². The summed E-state index contributed by atoms with van der Waals surface area (Å²) in [4.78, 5) is 23.2. The van der Waals surface area contributed by atoms with Gasteiger partial charge in [-0.2, -0.15) is 5.10 Å². The molecule has 0 aliphatic carbocycles. The van der Waals surface area contributed by atoms with E-state index in [4.69, 9.17) is 0 Å². The van der Waals surface area contributed by atoms with Gasteiger partial charge in [0.2, 0.25) is 0 Å². The average Bonchev–Trinajstić information content (AvgIpc) is 2.57. The molecule has 2 rings (SSSR count). The lowest BCUT2D eigenvalue weighted by Gasteiger charge is -2.03. The van der Waals surface area contributed by atoms with Crippen molar-refractivity contribution < 1.29 is 9.59 Å². The van der Waals surface area contributed by atoms with Crippen LogP contribution in [0.1, 0.15) is 5.56 Å². The maximum Gasteiger partial charge on any atom is 0.329 e. The zero-order valence-corrected chi connectivity index (χ0v) is 13.7. The molecular formula is C17H14BrN3O2. The van der Waals surface area contributed by atoms with Crippen LogP contribution < -0.4 is 10.7 Å². The van der Waals surface area contributed by atoms with Crippen LogP contribution >= 0.6 is 15.9 Å². The number of halogens is 1. The number of hydrazone groups is 1. The van der Waals surface area contributed by atoms with Gasteiger partial charge in [0.15, 0.2) is 0 Å². The van der Waals surface area contributed by atoms with E-state index in [0.717, 1.165) is 10.0 Å². The number of nitrogens with one attached hydrogen (secondary N) is 2. The Labute approximate surface area is 142 Å². The fourth-order valence-electron chi connectivity index (χ4n) is 1.63. The van der Waals surface area contributed by atoms with Gasteiger partial charge in [-0.15, -0.1) is 0 Å². The van der Waals surface area contributed by atoms with Crippen LogP contribution in [0, 0.1) is 0 Å². The number of rotatable bonds is 4. The maximum atomic E-state index is 11.7. The van der Waals surface area contributed by atoms with Crippen molar-refractivity contribution in [3.63, 3.8) is 0 Å². The second-order valence-electron chi connectivity index (χ2n) is 4.45. The minimum atomic E-state index is -0.836. The van der Waals surface area contributed by atoms with E-state index in [1.165, 1.54) is 6.21 Å². The lowest BCUT2D eigenvalue weighted by atomic mass is 10.2. The van der Waals surface area contributed by atoms with Gasteiger partial charge in [0.05, 0.1) is 0 Å². The lowest BCUT2D eigenvalue weighted by Crippen LogP contribution is -2.32. The van der Waals surface area contributed by atoms with Crippen molar-refractivity contribution in [3.05, 3.63) is 70.7 Å². The zero-order chi connectivity index (χ0) is 16.5. The zero-order valence-electron chi connectivity index (χ0n) is 12.1. The van der Waals surface area contributed by atoms with Crippen LogP contribution in [-0.2, 0) is 9.59 Å². The van der Waals surface area contributed by atoms with Crippen molar-refractivity contribution >= 4 is 45.7 Å². The van der Waals surface area contributed by atoms with Gasteiger partial charge in [-0.05, 0) is 35.9 Å². The first-order valence-electron chi connectivity index (χ1n) is 6.77. The number of hydrogen-bond donors (Lipinski definition) is 2. The Morgan fingerprint density at radius 2 is 1.65 bits per heavy atom. The number of anilines is 1. The Bertz CT molecular complexity index is 725. The van der Waals surface area contributed by atoms with Gasteiger partial charge in [0, 0.05) is 16.4 Å². The largest absolute Gasteiger partial charge is 0.329 e. The van der Waals surface area contributed by atoms with Crippen LogP contribution in [-0.4, -0.2) is 18.0 Å². The predicted molar refractivity (Wildman–Crippen MR) is 94.9 cm³/mol. The fraction of sp³-hybridized carbons (Fsp3) is 0. The van der Waals surface area contributed by atoms with Crippen molar-refractivity contribution in [3.8, 4) is 0 Å². The Morgan fingerprint density at radius 3 is 2.35 bits per heavy atom. The van der Waals surface area contributed by atoms with Gasteiger partial charge in [-0.3, -0.25) is 9.59 Å². The number of allylic oxidation sites excluding steroid dienone is 1. The molecule has 0 unspecified atom stereocenters. The molecule has 0 fully saturated rings. The third-order valence-electron chi connectivity index (χ3n) is 2.72. The molecule has 5 nitrogen and oxygen atoms in total. The summed E-state index contributed by atoms with van der Waals surface area (Å²) in [5, 5.41) is 6.16. The summed E-state index contributed by atoms with van der Waals surface area (Å²) in [6.45, 7) is 0. The molecule has 0 radical (unpaired) electrons. The Hall–Kier alpha value is -2.73. The van der Waals surface area contributed by atoms with Crippen molar-refractivity contribution in [1.29, 1.82) is 0 Å². The highest BCUT2D eigenvalue weighted by atomic mass is 79.9. The van der Waals surface area contributed by atoms with Gasteiger partial charge < -0.3 is 5.32 Å². The molecule has 2 N–H and O–H groups in total. The molecule has 0 atom stereocenters. The van der Waals surface area contributed by atoms with Crippen LogP contribution in [0.25, 0.3) is 6.08 Å². The van der Waals surface area contributed by atoms with Gasteiger partial charge in [-0.1, -0.05) is 52.3 Å². The summed E-state index contributed by atoms with van der Waals surface area (Å²) < 4.78 is 0.884. The van der Waals surface area contributed by atoms with E-state index >= 15 is 0 Å². The van der Waals surface area contributed by atoms with E-state index < -0.39 is 11.8 Å². The van der Waals surface area contributed by atoms with Crippen molar-refractivity contribution in [2.24, 2.45) is 5.10 Å². The third kappa shape index (κ3) is 5.88. The molecule has 0 spiro atoms. The summed E-state index contributed by atoms with van der Waals surface area (Å²) in [6, 6.07) is 16.5. The van der Waals surface area contributed by atoms with Crippen LogP contribution in [0.5, 0.6) is 0 Å². The second kappa shape index (κ2) is 8.65. The smallest absolute Gasteiger partial charge is 0.318 e. The number of nitrogens with zero attached hydrogens (tertiary/aromatic N) is 1. The normalized spacial score (nSPS) is 10.8. The molecule has 2 amide bonds.